The largest absolute Gasteiger partial charge is 0.326 e. The molecule has 5 nitrogen and oxygen atoms in total. The maximum atomic E-state index is 12.7. The summed E-state index contributed by atoms with van der Waals surface area (Å²) < 4.78 is 0. The molecule has 3 aromatic rings. The van der Waals surface area contributed by atoms with Gasteiger partial charge in [0.15, 0.2) is 0 Å². The summed E-state index contributed by atoms with van der Waals surface area (Å²) in [5, 5.41) is 2.90. The zero-order valence-corrected chi connectivity index (χ0v) is 17.1. The molecular weight excluding hydrogens is 388 g/mol. The highest BCUT2D eigenvalue weighted by molar-refractivity contribution is 6.34. The van der Waals surface area contributed by atoms with Crippen molar-refractivity contribution in [3.63, 3.8) is 0 Å². The van der Waals surface area contributed by atoms with E-state index in [1.54, 1.807) is 48.5 Å². The van der Waals surface area contributed by atoms with E-state index in [0.29, 0.717) is 22.5 Å². The van der Waals surface area contributed by atoms with E-state index in [2.05, 4.69) is 17.4 Å². The number of fused-ring (bicyclic) bond motifs is 2. The van der Waals surface area contributed by atoms with Gasteiger partial charge in [-0.15, -0.1) is 0 Å². The molecular formula is C26H22N2O3. The Hall–Kier alpha value is -3.73. The third kappa shape index (κ3) is 3.63. The van der Waals surface area contributed by atoms with Crippen LogP contribution in [-0.2, 0) is 24.1 Å². The molecule has 1 heterocycles. The Balaban J connectivity index is 1.31. The zero-order valence-electron chi connectivity index (χ0n) is 17.1. The number of hydrogen-bond acceptors (Lipinski definition) is 3. The normalized spacial score (nSPS) is 14.9. The first-order valence-electron chi connectivity index (χ1n) is 10.6. The molecule has 0 unspecified atom stereocenters. The van der Waals surface area contributed by atoms with Crippen molar-refractivity contribution in [1.29, 1.82) is 0 Å². The number of nitrogens with zero attached hydrogens (tertiary/aromatic N) is 1. The fourth-order valence-electron chi connectivity index (χ4n) is 4.43. The van der Waals surface area contributed by atoms with Crippen LogP contribution >= 0.6 is 0 Å². The van der Waals surface area contributed by atoms with Crippen molar-refractivity contribution in [3.05, 3.63) is 94.5 Å². The zero-order chi connectivity index (χ0) is 21.4. The first kappa shape index (κ1) is 19.2. The first-order valence-corrected chi connectivity index (χ1v) is 10.6. The van der Waals surface area contributed by atoms with E-state index in [9.17, 15) is 14.4 Å². The first-order chi connectivity index (χ1) is 15.1. The van der Waals surface area contributed by atoms with E-state index in [1.165, 1.54) is 24.0 Å². The Morgan fingerprint density at radius 2 is 1.52 bits per heavy atom. The van der Waals surface area contributed by atoms with Crippen LogP contribution in [0.15, 0.2) is 66.7 Å². The molecule has 1 aliphatic carbocycles. The monoisotopic (exact) mass is 410 g/mol. The molecule has 5 rings (SSSR count). The highest BCUT2D eigenvalue weighted by Crippen LogP contribution is 2.30. The van der Waals surface area contributed by atoms with E-state index in [0.717, 1.165) is 23.3 Å². The summed E-state index contributed by atoms with van der Waals surface area (Å²) in [7, 11) is 0. The van der Waals surface area contributed by atoms with Crippen molar-refractivity contribution >= 4 is 29.1 Å². The van der Waals surface area contributed by atoms with Gasteiger partial charge in [0.1, 0.15) is 0 Å². The number of carbonyl (C=O) groups is 3. The smallest absolute Gasteiger partial charge is 0.266 e. The van der Waals surface area contributed by atoms with E-state index < -0.39 is 0 Å². The molecule has 0 saturated carbocycles. The van der Waals surface area contributed by atoms with Gasteiger partial charge in [-0.25, -0.2) is 4.90 Å². The maximum absolute atomic E-state index is 12.7. The molecule has 0 atom stereocenters. The van der Waals surface area contributed by atoms with Gasteiger partial charge in [0.2, 0.25) is 5.91 Å². The van der Waals surface area contributed by atoms with Gasteiger partial charge in [-0.05, 0) is 72.7 Å². The van der Waals surface area contributed by atoms with E-state index in [-0.39, 0.29) is 24.1 Å². The van der Waals surface area contributed by atoms with Crippen LogP contribution in [0.4, 0.5) is 11.4 Å². The summed E-state index contributed by atoms with van der Waals surface area (Å²) in [6.07, 6.45) is 4.91. The quantitative estimate of drug-likeness (QED) is 0.642. The minimum absolute atomic E-state index is 0.129. The van der Waals surface area contributed by atoms with Crippen LogP contribution < -0.4 is 10.2 Å². The standard InChI is InChI=1S/C26H22N2O3/c29-24(15-17-12-13-18-6-1-2-7-19(18)14-17)27-20-8-5-9-21(16-20)28-25(30)22-10-3-4-11-23(22)26(28)31/h3-5,8-14,16H,1-2,6-7,15H2,(H,27,29). The number of hydrogen-bond donors (Lipinski definition) is 1. The molecule has 0 spiro atoms. The topological polar surface area (TPSA) is 66.5 Å². The molecule has 5 heteroatoms. The number of imide groups is 1. The predicted octanol–water partition coefficient (Wildman–Crippen LogP) is 4.55. The molecule has 154 valence electrons. The third-order valence-electron chi connectivity index (χ3n) is 5.96. The highest BCUT2D eigenvalue weighted by Gasteiger charge is 2.36. The fourth-order valence-corrected chi connectivity index (χ4v) is 4.43. The summed E-state index contributed by atoms with van der Waals surface area (Å²) in [6, 6.07) is 19.9. The molecule has 1 N–H and O–H groups in total. The Bertz CT molecular complexity index is 1180. The molecule has 3 aromatic carbocycles. The van der Waals surface area contributed by atoms with Gasteiger partial charge in [-0.1, -0.05) is 36.4 Å². The second-order valence-electron chi connectivity index (χ2n) is 8.08. The number of amides is 3. The van der Waals surface area contributed by atoms with E-state index >= 15 is 0 Å². The summed E-state index contributed by atoms with van der Waals surface area (Å²) in [5.74, 6) is -0.827. The predicted molar refractivity (Wildman–Crippen MR) is 119 cm³/mol. The number of rotatable bonds is 4. The van der Waals surface area contributed by atoms with Gasteiger partial charge >= 0.3 is 0 Å². The SMILES string of the molecule is O=C(Cc1ccc2c(c1)CCCC2)Nc1cccc(N2C(=O)c3ccccc3C2=O)c1. The van der Waals surface area contributed by atoms with Crippen molar-refractivity contribution in [1.82, 2.24) is 0 Å². The summed E-state index contributed by atoms with van der Waals surface area (Å²) in [5.41, 5.74) is 5.53. The minimum atomic E-state index is -0.349. The Morgan fingerprint density at radius 3 is 2.26 bits per heavy atom. The molecule has 31 heavy (non-hydrogen) atoms. The van der Waals surface area contributed by atoms with Gasteiger partial charge in [0.25, 0.3) is 11.8 Å². The lowest BCUT2D eigenvalue weighted by atomic mass is 9.90. The molecule has 0 radical (unpaired) electrons. The summed E-state index contributed by atoms with van der Waals surface area (Å²) in [4.78, 5) is 39.2. The maximum Gasteiger partial charge on any atom is 0.266 e. The average molecular weight is 410 g/mol. The lowest BCUT2D eigenvalue weighted by Crippen LogP contribution is -2.29. The van der Waals surface area contributed by atoms with E-state index in [1.807, 2.05) is 6.07 Å². The second kappa shape index (κ2) is 7.84. The van der Waals surface area contributed by atoms with Gasteiger partial charge in [0, 0.05) is 5.69 Å². The summed E-state index contributed by atoms with van der Waals surface area (Å²) >= 11 is 0. The van der Waals surface area contributed by atoms with Gasteiger partial charge in [-0.2, -0.15) is 0 Å². The van der Waals surface area contributed by atoms with Crippen LogP contribution in [0.1, 0.15) is 50.2 Å². The Morgan fingerprint density at radius 1 is 0.806 bits per heavy atom. The second-order valence-corrected chi connectivity index (χ2v) is 8.08. The van der Waals surface area contributed by atoms with Gasteiger partial charge < -0.3 is 5.32 Å². The molecule has 0 bridgehead atoms. The number of benzene rings is 3. The fraction of sp³-hybridized carbons (Fsp3) is 0.192. The lowest BCUT2D eigenvalue weighted by molar-refractivity contribution is -0.115. The lowest BCUT2D eigenvalue weighted by Gasteiger charge is -2.17. The number of nitrogens with one attached hydrogen (secondary N) is 1. The third-order valence-corrected chi connectivity index (χ3v) is 5.96. The van der Waals surface area contributed by atoms with Crippen molar-refractivity contribution in [2.45, 2.75) is 32.1 Å². The number of aryl methyl sites for hydroxylation is 2. The average Bonchev–Trinajstić information content (AvgIpc) is 3.04. The van der Waals surface area contributed by atoms with Crippen LogP contribution in [-0.4, -0.2) is 17.7 Å². The van der Waals surface area contributed by atoms with E-state index in [4.69, 9.17) is 0 Å². The van der Waals surface area contributed by atoms with Crippen LogP contribution in [0.3, 0.4) is 0 Å². The molecule has 0 aromatic heterocycles. The number of anilines is 2. The number of carbonyl (C=O) groups excluding carboxylic acids is 3. The van der Waals surface area contributed by atoms with Crippen molar-refractivity contribution < 1.29 is 14.4 Å². The van der Waals surface area contributed by atoms with Crippen LogP contribution in [0.25, 0.3) is 0 Å². The minimum Gasteiger partial charge on any atom is -0.326 e. The highest BCUT2D eigenvalue weighted by atomic mass is 16.2. The van der Waals surface area contributed by atoms with Crippen molar-refractivity contribution in [2.75, 3.05) is 10.2 Å². The van der Waals surface area contributed by atoms with Crippen molar-refractivity contribution in [3.8, 4) is 0 Å². The Kier molecular flexibility index (Phi) is 4.86. The summed E-state index contributed by atoms with van der Waals surface area (Å²) in [6.45, 7) is 0. The molecule has 3 amide bonds. The molecule has 1 aliphatic heterocycles. The molecule has 0 saturated heterocycles. The van der Waals surface area contributed by atoms with Gasteiger partial charge in [-0.3, -0.25) is 14.4 Å². The molecule has 2 aliphatic rings. The van der Waals surface area contributed by atoms with Gasteiger partial charge in [0.05, 0.1) is 23.2 Å². The van der Waals surface area contributed by atoms with Crippen LogP contribution in [0.5, 0.6) is 0 Å². The molecule has 0 fully saturated rings. The van der Waals surface area contributed by atoms with Crippen LogP contribution in [0, 0.1) is 0 Å². The van der Waals surface area contributed by atoms with Crippen LogP contribution in [0.2, 0.25) is 0 Å². The van der Waals surface area contributed by atoms with Crippen molar-refractivity contribution in [2.24, 2.45) is 0 Å². The Labute approximate surface area is 180 Å².